The quantitative estimate of drug-likeness (QED) is 0.468. The molecular weight excluding hydrogens is 360 g/mol. The minimum absolute atomic E-state index is 0.377. The zero-order valence-corrected chi connectivity index (χ0v) is 16.6. The van der Waals surface area contributed by atoms with Crippen molar-refractivity contribution in [2.75, 3.05) is 25.1 Å². The van der Waals surface area contributed by atoms with Gasteiger partial charge in [0.05, 0.1) is 19.2 Å². The van der Waals surface area contributed by atoms with Crippen molar-refractivity contribution in [2.24, 2.45) is 0 Å². The Hall–Kier alpha value is -2.98. The Labute approximate surface area is 162 Å². The molecule has 0 aliphatic rings. The molecule has 0 spiro atoms. The summed E-state index contributed by atoms with van der Waals surface area (Å²) >= 11 is 1.39. The van der Waals surface area contributed by atoms with Gasteiger partial charge >= 0.3 is 5.97 Å². The molecular formula is C20H20N4O2S. The molecule has 0 bridgehead atoms. The minimum Gasteiger partial charge on any atom is -0.465 e. The third kappa shape index (κ3) is 3.36. The highest BCUT2D eigenvalue weighted by Crippen LogP contribution is 2.41. The van der Waals surface area contributed by atoms with Crippen molar-refractivity contribution in [3.05, 3.63) is 46.8 Å². The largest absolute Gasteiger partial charge is 0.465 e. The van der Waals surface area contributed by atoms with Gasteiger partial charge in [-0.2, -0.15) is 0 Å². The second-order valence-electron chi connectivity index (χ2n) is 5.94. The van der Waals surface area contributed by atoms with Gasteiger partial charge in [-0.1, -0.05) is 12.1 Å². The van der Waals surface area contributed by atoms with Gasteiger partial charge in [-0.3, -0.25) is 0 Å². The number of aromatic nitrogens is 2. The average Bonchev–Trinajstić information content (AvgIpc) is 3.04. The fraction of sp³-hybridized carbons (Fsp3) is 0.300. The fourth-order valence-electron chi connectivity index (χ4n) is 2.97. The Morgan fingerprint density at radius 3 is 2.44 bits per heavy atom. The molecule has 2 heterocycles. The number of anilines is 1. The van der Waals surface area contributed by atoms with Crippen molar-refractivity contribution in [1.29, 1.82) is 0 Å². The number of hydrogen-bond donors (Lipinski definition) is 0. The van der Waals surface area contributed by atoms with E-state index in [1.54, 1.807) is 12.1 Å². The van der Waals surface area contributed by atoms with Gasteiger partial charge in [0.1, 0.15) is 10.6 Å². The van der Waals surface area contributed by atoms with Crippen LogP contribution in [0.5, 0.6) is 0 Å². The van der Waals surface area contributed by atoms with Gasteiger partial charge in [0, 0.05) is 24.0 Å². The summed E-state index contributed by atoms with van der Waals surface area (Å²) in [5.41, 5.74) is 2.22. The normalized spacial score (nSPS) is 10.6. The Kier molecular flexibility index (Phi) is 5.38. The van der Waals surface area contributed by atoms with Gasteiger partial charge in [0.15, 0.2) is 5.82 Å². The molecule has 0 N–H and O–H groups in total. The number of methoxy groups -OCH3 is 1. The predicted molar refractivity (Wildman–Crippen MR) is 109 cm³/mol. The molecule has 0 fully saturated rings. The summed E-state index contributed by atoms with van der Waals surface area (Å²) in [7, 11) is 1.36. The van der Waals surface area contributed by atoms with E-state index in [0.717, 1.165) is 40.3 Å². The SMILES string of the molecule is [C-]#[N+]c1sc2nc(-c3ccc(C(=O)OC)cc3)nc(N(CC)CC)c2c1C. The zero-order chi connectivity index (χ0) is 19.6. The number of carbonyl (C=O) groups is 1. The first-order chi connectivity index (χ1) is 13.0. The summed E-state index contributed by atoms with van der Waals surface area (Å²) in [5, 5.41) is 1.59. The molecule has 6 nitrogen and oxygen atoms in total. The number of benzene rings is 1. The van der Waals surface area contributed by atoms with Crippen molar-refractivity contribution >= 4 is 38.3 Å². The Balaban J connectivity index is 2.19. The summed E-state index contributed by atoms with van der Waals surface area (Å²) in [5.74, 6) is 1.05. The molecule has 0 aliphatic carbocycles. The van der Waals surface area contributed by atoms with Crippen LogP contribution >= 0.6 is 11.3 Å². The molecule has 0 aliphatic heterocycles. The molecule has 1 aromatic carbocycles. The molecule has 27 heavy (non-hydrogen) atoms. The first kappa shape index (κ1) is 18.8. The van der Waals surface area contributed by atoms with E-state index in [-0.39, 0.29) is 5.97 Å². The van der Waals surface area contributed by atoms with Crippen LogP contribution in [0.15, 0.2) is 24.3 Å². The average molecular weight is 380 g/mol. The van der Waals surface area contributed by atoms with Crippen molar-refractivity contribution < 1.29 is 9.53 Å². The van der Waals surface area contributed by atoms with Crippen LogP contribution in [-0.4, -0.2) is 36.1 Å². The lowest BCUT2D eigenvalue weighted by atomic mass is 10.1. The van der Waals surface area contributed by atoms with E-state index in [9.17, 15) is 4.79 Å². The maximum atomic E-state index is 11.6. The minimum atomic E-state index is -0.377. The van der Waals surface area contributed by atoms with Gasteiger partial charge in [0.25, 0.3) is 0 Å². The number of rotatable bonds is 5. The highest BCUT2D eigenvalue weighted by Gasteiger charge is 2.20. The van der Waals surface area contributed by atoms with Crippen LogP contribution in [0, 0.1) is 13.5 Å². The summed E-state index contributed by atoms with van der Waals surface area (Å²) in [6.45, 7) is 15.2. The molecule has 0 atom stereocenters. The molecule has 138 valence electrons. The van der Waals surface area contributed by atoms with E-state index < -0.39 is 0 Å². The molecule has 0 saturated heterocycles. The maximum absolute atomic E-state index is 11.6. The Bertz CT molecular complexity index is 1030. The first-order valence-corrected chi connectivity index (χ1v) is 9.47. The topological polar surface area (TPSA) is 59.7 Å². The van der Waals surface area contributed by atoms with E-state index in [1.807, 2.05) is 19.1 Å². The summed E-state index contributed by atoms with van der Waals surface area (Å²) in [6.07, 6.45) is 0. The lowest BCUT2D eigenvalue weighted by molar-refractivity contribution is 0.0601. The number of fused-ring (bicyclic) bond motifs is 1. The van der Waals surface area contributed by atoms with Crippen LogP contribution in [0.3, 0.4) is 0 Å². The third-order valence-electron chi connectivity index (χ3n) is 4.47. The van der Waals surface area contributed by atoms with E-state index in [4.69, 9.17) is 21.3 Å². The predicted octanol–water partition coefficient (Wildman–Crippen LogP) is 4.85. The number of aryl methyl sites for hydroxylation is 1. The number of thiophene rings is 1. The van der Waals surface area contributed by atoms with E-state index in [1.165, 1.54) is 18.4 Å². The van der Waals surface area contributed by atoms with Crippen LogP contribution in [0.4, 0.5) is 10.8 Å². The van der Waals surface area contributed by atoms with Crippen LogP contribution in [0.25, 0.3) is 26.4 Å². The molecule has 3 rings (SSSR count). The lowest BCUT2D eigenvalue weighted by Gasteiger charge is -2.21. The van der Waals surface area contributed by atoms with Crippen LogP contribution in [-0.2, 0) is 4.74 Å². The van der Waals surface area contributed by atoms with Crippen molar-refractivity contribution in [3.8, 4) is 11.4 Å². The fourth-order valence-corrected chi connectivity index (χ4v) is 3.93. The smallest absolute Gasteiger partial charge is 0.337 e. The number of esters is 1. The Morgan fingerprint density at radius 1 is 1.22 bits per heavy atom. The summed E-state index contributed by atoms with van der Waals surface area (Å²) in [6, 6.07) is 7.04. The first-order valence-electron chi connectivity index (χ1n) is 8.66. The molecule has 7 heteroatoms. The van der Waals surface area contributed by atoms with E-state index in [0.29, 0.717) is 16.4 Å². The lowest BCUT2D eigenvalue weighted by Crippen LogP contribution is -2.23. The van der Waals surface area contributed by atoms with Gasteiger partial charge in [0.2, 0.25) is 5.00 Å². The maximum Gasteiger partial charge on any atom is 0.337 e. The van der Waals surface area contributed by atoms with Crippen molar-refractivity contribution in [3.63, 3.8) is 0 Å². The second kappa shape index (κ2) is 7.72. The molecule has 0 amide bonds. The number of carbonyl (C=O) groups excluding carboxylic acids is 1. The highest BCUT2D eigenvalue weighted by atomic mass is 32.1. The number of hydrogen-bond acceptors (Lipinski definition) is 6. The summed E-state index contributed by atoms with van der Waals surface area (Å²) < 4.78 is 4.74. The monoisotopic (exact) mass is 380 g/mol. The highest BCUT2D eigenvalue weighted by molar-refractivity contribution is 7.22. The molecule has 0 unspecified atom stereocenters. The number of ether oxygens (including phenoxy) is 1. The van der Waals surface area contributed by atoms with Crippen LogP contribution < -0.4 is 4.90 Å². The van der Waals surface area contributed by atoms with Crippen molar-refractivity contribution in [1.82, 2.24) is 9.97 Å². The Morgan fingerprint density at radius 2 is 1.89 bits per heavy atom. The zero-order valence-electron chi connectivity index (χ0n) is 15.7. The number of nitrogens with zero attached hydrogens (tertiary/aromatic N) is 4. The molecule has 2 aromatic heterocycles. The van der Waals surface area contributed by atoms with Crippen LogP contribution in [0.2, 0.25) is 0 Å². The summed E-state index contributed by atoms with van der Waals surface area (Å²) in [4.78, 5) is 27.8. The van der Waals surface area contributed by atoms with E-state index in [2.05, 4.69) is 23.6 Å². The molecule has 0 saturated carbocycles. The van der Waals surface area contributed by atoms with Gasteiger partial charge in [-0.25, -0.2) is 19.6 Å². The van der Waals surface area contributed by atoms with Crippen LogP contribution in [0.1, 0.15) is 29.8 Å². The third-order valence-corrected chi connectivity index (χ3v) is 5.55. The van der Waals surface area contributed by atoms with Gasteiger partial charge < -0.3 is 9.64 Å². The molecule has 0 radical (unpaired) electrons. The van der Waals surface area contributed by atoms with Crippen molar-refractivity contribution in [2.45, 2.75) is 20.8 Å². The van der Waals surface area contributed by atoms with E-state index >= 15 is 0 Å². The van der Waals surface area contributed by atoms with Gasteiger partial charge in [-0.05, 0) is 38.5 Å². The van der Waals surface area contributed by atoms with Gasteiger partial charge in [-0.15, -0.1) is 11.3 Å². The second-order valence-corrected chi connectivity index (χ2v) is 6.91. The molecule has 3 aromatic rings. The standard InChI is InChI=1S/C20H20N4O2S/c1-6-24(7-2)17-15-12(3)18(21-4)27-19(15)23-16(22-17)13-8-10-14(11-9-13)20(25)26-5/h8-11H,6-7H2,1-3,5H3.